The van der Waals surface area contributed by atoms with E-state index in [0.717, 1.165) is 12.1 Å². The average Bonchev–Trinajstić information content (AvgIpc) is 3.34. The lowest BCUT2D eigenvalue weighted by molar-refractivity contribution is 0.0948. The molecule has 3 heterocycles. The minimum absolute atomic E-state index is 0.140. The monoisotopic (exact) mass is 372 g/mol. The smallest absolute Gasteiger partial charge is 0.291 e. The second-order valence-electron chi connectivity index (χ2n) is 6.10. The molecule has 7 nitrogen and oxygen atoms in total. The van der Waals surface area contributed by atoms with E-state index in [0.29, 0.717) is 16.4 Å². The van der Waals surface area contributed by atoms with Gasteiger partial charge in [0, 0.05) is 25.5 Å². The van der Waals surface area contributed by atoms with Gasteiger partial charge >= 0.3 is 0 Å². The summed E-state index contributed by atoms with van der Waals surface area (Å²) in [5, 5.41) is 10.5. The Balaban J connectivity index is 1.56. The van der Waals surface area contributed by atoms with Crippen molar-refractivity contribution in [3.8, 4) is 0 Å². The molecule has 0 aromatic carbocycles. The molecule has 0 fully saturated rings. The number of aryl methyl sites for hydroxylation is 1. The molecule has 26 heavy (non-hydrogen) atoms. The number of hydrogen-bond acceptors (Lipinski definition) is 5. The van der Waals surface area contributed by atoms with E-state index in [1.165, 1.54) is 17.6 Å². The molecule has 2 amide bonds. The van der Waals surface area contributed by atoms with Gasteiger partial charge in [0.25, 0.3) is 11.8 Å². The van der Waals surface area contributed by atoms with E-state index >= 15 is 0 Å². The van der Waals surface area contributed by atoms with Gasteiger partial charge in [0.2, 0.25) is 0 Å². The minimum Gasteiger partial charge on any atom is -0.459 e. The van der Waals surface area contributed by atoms with Gasteiger partial charge < -0.3 is 15.1 Å². The summed E-state index contributed by atoms with van der Waals surface area (Å²) in [5.74, 6) is 0.00103. The predicted octanol–water partition coefficient (Wildman–Crippen LogP) is 3.16. The number of hydrogen-bond donors (Lipinski definition) is 2. The fourth-order valence-corrected chi connectivity index (χ4v) is 3.47. The van der Waals surface area contributed by atoms with Crippen LogP contribution in [0.15, 0.2) is 47.3 Å². The third-order valence-electron chi connectivity index (χ3n) is 3.77. The van der Waals surface area contributed by atoms with Crippen molar-refractivity contribution < 1.29 is 14.0 Å². The number of carbonyl (C=O) groups excluding carboxylic acids is 2. The molecule has 0 saturated heterocycles. The van der Waals surface area contributed by atoms with Crippen molar-refractivity contribution in [2.45, 2.75) is 20.4 Å². The van der Waals surface area contributed by atoms with Gasteiger partial charge in [0.1, 0.15) is 0 Å². The van der Waals surface area contributed by atoms with Crippen LogP contribution in [0.1, 0.15) is 32.7 Å². The van der Waals surface area contributed by atoms with Crippen molar-refractivity contribution in [3.63, 3.8) is 0 Å². The van der Waals surface area contributed by atoms with Crippen LogP contribution in [0.5, 0.6) is 0 Å². The van der Waals surface area contributed by atoms with Crippen molar-refractivity contribution in [1.82, 2.24) is 15.1 Å². The third-order valence-corrected chi connectivity index (χ3v) is 4.93. The van der Waals surface area contributed by atoms with E-state index in [-0.39, 0.29) is 23.5 Å². The summed E-state index contributed by atoms with van der Waals surface area (Å²) in [7, 11) is 0. The van der Waals surface area contributed by atoms with Crippen LogP contribution in [-0.4, -0.2) is 28.1 Å². The molecule has 3 aromatic rings. The lowest BCUT2D eigenvalue weighted by Crippen LogP contribution is -2.29. The fourth-order valence-electron chi connectivity index (χ4n) is 2.49. The summed E-state index contributed by atoms with van der Waals surface area (Å²) < 4.78 is 6.91. The molecule has 0 radical (unpaired) electrons. The molecule has 0 saturated carbocycles. The Labute approximate surface area is 155 Å². The lowest BCUT2D eigenvalue weighted by Gasteiger charge is -2.12. The number of nitrogens with one attached hydrogen (secondary N) is 2. The fraction of sp³-hybridized carbons (Fsp3) is 0.278. The van der Waals surface area contributed by atoms with Crippen LogP contribution in [0, 0.1) is 12.8 Å². The Morgan fingerprint density at radius 2 is 2.19 bits per heavy atom. The molecule has 0 aliphatic carbocycles. The maximum Gasteiger partial charge on any atom is 0.291 e. The summed E-state index contributed by atoms with van der Waals surface area (Å²) in [6.07, 6.45) is 5.08. The molecule has 3 rings (SSSR count). The van der Waals surface area contributed by atoms with Crippen LogP contribution in [0.25, 0.3) is 0 Å². The topological polar surface area (TPSA) is 89.2 Å². The summed E-state index contributed by atoms with van der Waals surface area (Å²) in [6, 6.07) is 6.90. The second kappa shape index (κ2) is 8.01. The molecule has 0 bridgehead atoms. The molecule has 0 aliphatic heterocycles. The first kappa shape index (κ1) is 17.9. The SMILES string of the molecule is Cc1cc(NC(=O)c2ccco2)sc1C(=O)NCC(C)Cn1cccn1. The number of amides is 2. The summed E-state index contributed by atoms with van der Waals surface area (Å²) in [6.45, 7) is 5.19. The van der Waals surface area contributed by atoms with Crippen LogP contribution < -0.4 is 10.6 Å². The third kappa shape index (κ3) is 4.40. The molecule has 0 aliphatic rings. The van der Waals surface area contributed by atoms with Gasteiger partial charge in [-0.05, 0) is 42.7 Å². The number of anilines is 1. The number of rotatable bonds is 7. The normalized spacial score (nSPS) is 11.9. The Bertz CT molecular complexity index is 869. The summed E-state index contributed by atoms with van der Waals surface area (Å²) in [5.41, 5.74) is 0.821. The van der Waals surface area contributed by atoms with E-state index in [1.807, 2.05) is 23.9 Å². The zero-order valence-electron chi connectivity index (χ0n) is 14.6. The molecular weight excluding hydrogens is 352 g/mol. The van der Waals surface area contributed by atoms with E-state index in [9.17, 15) is 9.59 Å². The molecule has 1 unspecified atom stereocenters. The predicted molar refractivity (Wildman–Crippen MR) is 99.4 cm³/mol. The highest BCUT2D eigenvalue weighted by Gasteiger charge is 2.17. The lowest BCUT2D eigenvalue weighted by atomic mass is 10.2. The van der Waals surface area contributed by atoms with Crippen LogP contribution >= 0.6 is 11.3 Å². The minimum atomic E-state index is -0.337. The average molecular weight is 372 g/mol. The Morgan fingerprint density at radius 1 is 1.35 bits per heavy atom. The summed E-state index contributed by atoms with van der Waals surface area (Å²) in [4.78, 5) is 25.1. The first-order valence-electron chi connectivity index (χ1n) is 8.24. The highest BCUT2D eigenvalue weighted by Crippen LogP contribution is 2.27. The van der Waals surface area contributed by atoms with Crippen molar-refractivity contribution in [2.24, 2.45) is 5.92 Å². The quantitative estimate of drug-likeness (QED) is 0.667. The van der Waals surface area contributed by atoms with Crippen molar-refractivity contribution in [3.05, 3.63) is 59.1 Å². The van der Waals surface area contributed by atoms with E-state index in [4.69, 9.17) is 4.42 Å². The van der Waals surface area contributed by atoms with Crippen LogP contribution in [0.3, 0.4) is 0 Å². The van der Waals surface area contributed by atoms with Crippen molar-refractivity contribution in [2.75, 3.05) is 11.9 Å². The van der Waals surface area contributed by atoms with Gasteiger partial charge in [0.05, 0.1) is 16.1 Å². The van der Waals surface area contributed by atoms with Gasteiger partial charge in [-0.25, -0.2) is 0 Å². The Kier molecular flexibility index (Phi) is 5.52. The number of furan rings is 1. The maximum atomic E-state index is 12.4. The number of aromatic nitrogens is 2. The zero-order valence-corrected chi connectivity index (χ0v) is 15.4. The molecule has 8 heteroatoms. The Morgan fingerprint density at radius 3 is 2.88 bits per heavy atom. The number of thiophene rings is 1. The molecule has 1 atom stereocenters. The first-order chi connectivity index (χ1) is 12.5. The van der Waals surface area contributed by atoms with Crippen LogP contribution in [0.4, 0.5) is 5.00 Å². The van der Waals surface area contributed by atoms with E-state index in [1.54, 1.807) is 24.4 Å². The maximum absolute atomic E-state index is 12.4. The summed E-state index contributed by atoms with van der Waals surface area (Å²) >= 11 is 1.25. The van der Waals surface area contributed by atoms with Crippen molar-refractivity contribution >= 4 is 28.2 Å². The van der Waals surface area contributed by atoms with Gasteiger partial charge in [-0.1, -0.05) is 6.92 Å². The van der Waals surface area contributed by atoms with E-state index < -0.39 is 0 Å². The Hall–Kier alpha value is -2.87. The van der Waals surface area contributed by atoms with Crippen LogP contribution in [-0.2, 0) is 6.54 Å². The van der Waals surface area contributed by atoms with Gasteiger partial charge in [-0.15, -0.1) is 11.3 Å². The van der Waals surface area contributed by atoms with Crippen molar-refractivity contribution in [1.29, 1.82) is 0 Å². The standard InChI is InChI=1S/C18H20N4O3S/c1-12(11-22-7-4-6-20-22)10-19-18(24)16-13(2)9-15(26-16)21-17(23)14-5-3-8-25-14/h3-9,12H,10-11H2,1-2H3,(H,19,24)(H,21,23). The van der Waals surface area contributed by atoms with Gasteiger partial charge in [-0.2, -0.15) is 5.10 Å². The molecule has 3 aromatic heterocycles. The number of nitrogens with zero attached hydrogens (tertiary/aromatic N) is 2. The molecular formula is C18H20N4O3S. The highest BCUT2D eigenvalue weighted by atomic mass is 32.1. The highest BCUT2D eigenvalue weighted by molar-refractivity contribution is 7.18. The number of carbonyl (C=O) groups is 2. The zero-order chi connectivity index (χ0) is 18.5. The molecule has 136 valence electrons. The first-order valence-corrected chi connectivity index (χ1v) is 9.05. The van der Waals surface area contributed by atoms with Gasteiger partial charge in [0.15, 0.2) is 5.76 Å². The largest absolute Gasteiger partial charge is 0.459 e. The molecule has 0 spiro atoms. The van der Waals surface area contributed by atoms with Crippen LogP contribution in [0.2, 0.25) is 0 Å². The molecule has 2 N–H and O–H groups in total. The van der Waals surface area contributed by atoms with Gasteiger partial charge in [-0.3, -0.25) is 14.3 Å². The second-order valence-corrected chi connectivity index (χ2v) is 7.15. The van der Waals surface area contributed by atoms with E-state index in [2.05, 4.69) is 22.7 Å².